The van der Waals surface area contributed by atoms with Gasteiger partial charge in [0.25, 0.3) is 5.91 Å². The first-order valence-electron chi connectivity index (χ1n) is 13.4. The van der Waals surface area contributed by atoms with Gasteiger partial charge in [-0.05, 0) is 42.7 Å². The van der Waals surface area contributed by atoms with Crippen LogP contribution < -0.4 is 20.2 Å². The number of Topliss-reactive ketones (excluding diaryl/α,β-unsaturated/α-hetero) is 1. The number of nitrogens with one attached hydrogen (secondary N) is 3. The molecule has 0 saturated carbocycles. The van der Waals surface area contributed by atoms with Crippen LogP contribution in [0.1, 0.15) is 18.4 Å². The molecule has 2 amide bonds. The molecule has 0 aromatic heterocycles. The highest BCUT2D eigenvalue weighted by atomic mass is 32.2. The Bertz CT molecular complexity index is 1430. The Kier molecular flexibility index (Phi) is 11.5. The Morgan fingerprint density at radius 2 is 1.55 bits per heavy atom. The molecule has 0 radical (unpaired) electrons. The van der Waals surface area contributed by atoms with Gasteiger partial charge in [0.15, 0.2) is 5.75 Å². The zero-order valence-corrected chi connectivity index (χ0v) is 24.3. The molecule has 3 aromatic carbocycles. The Hall–Kier alpha value is -3.75. The van der Waals surface area contributed by atoms with Crippen molar-refractivity contribution in [2.45, 2.75) is 36.2 Å². The van der Waals surface area contributed by atoms with Crippen molar-refractivity contribution in [3.05, 3.63) is 96.6 Å². The molecule has 11 nitrogen and oxygen atoms in total. The highest BCUT2D eigenvalue weighted by molar-refractivity contribution is 7.92. The number of ketones is 1. The van der Waals surface area contributed by atoms with Crippen LogP contribution in [-0.2, 0) is 35.2 Å². The summed E-state index contributed by atoms with van der Waals surface area (Å²) in [7, 11) is -3.76. The largest absolute Gasteiger partial charge is 0.348 e. The summed E-state index contributed by atoms with van der Waals surface area (Å²) in [6, 6.07) is 24.0. The summed E-state index contributed by atoms with van der Waals surface area (Å²) in [6.07, 6.45) is 1.37. The van der Waals surface area contributed by atoms with E-state index in [0.717, 1.165) is 24.2 Å². The maximum absolute atomic E-state index is 13.3. The van der Waals surface area contributed by atoms with Crippen molar-refractivity contribution in [3.8, 4) is 5.75 Å². The second-order valence-corrected chi connectivity index (χ2v) is 11.9. The van der Waals surface area contributed by atoms with E-state index in [2.05, 4.69) is 15.4 Å². The molecule has 3 aromatic rings. The molecule has 0 bridgehead atoms. The van der Waals surface area contributed by atoms with Crippen LogP contribution in [0, 0.1) is 0 Å². The zero-order valence-electron chi connectivity index (χ0n) is 22.7. The molecule has 0 aliphatic carbocycles. The van der Waals surface area contributed by atoms with Crippen LogP contribution in [0.15, 0.2) is 95.9 Å². The second kappa shape index (κ2) is 15.5. The highest BCUT2D eigenvalue weighted by Crippen LogP contribution is 2.27. The van der Waals surface area contributed by atoms with Crippen LogP contribution in [0.2, 0.25) is 0 Å². The van der Waals surface area contributed by atoms with Gasteiger partial charge in [-0.15, -0.1) is 0 Å². The lowest BCUT2D eigenvalue weighted by Crippen LogP contribution is -2.53. The Balaban J connectivity index is 1.33. The standard InChI is InChI=1S/C29H32N4O7S2/c34-27(29(36)30-18-19-31-42(37,38)24-15-8-3-9-16-24)25(21-22-11-4-1-5-12-22)32-28(35)26-17-10-20-33(26)41-40-39-23-13-6-2-7-14-23/h1-9,11-16,25-26,31H,10,17-21H2,(H,30,36)(H,32,35). The topological polar surface area (TPSA) is 143 Å². The minimum Gasteiger partial charge on any atom is -0.348 e. The fraction of sp³-hybridized carbons (Fsp3) is 0.276. The summed E-state index contributed by atoms with van der Waals surface area (Å²) in [5.74, 6) is -1.66. The summed E-state index contributed by atoms with van der Waals surface area (Å²) < 4.78 is 34.1. The molecule has 3 N–H and O–H groups in total. The van der Waals surface area contributed by atoms with E-state index in [4.69, 9.17) is 9.22 Å². The van der Waals surface area contributed by atoms with E-state index in [0.29, 0.717) is 18.7 Å². The van der Waals surface area contributed by atoms with Gasteiger partial charge in [0.1, 0.15) is 24.3 Å². The molecule has 0 spiro atoms. The van der Waals surface area contributed by atoms with Gasteiger partial charge in [-0.3, -0.25) is 14.4 Å². The molecule has 1 aliphatic heterocycles. The van der Waals surface area contributed by atoms with Crippen molar-refractivity contribution in [3.63, 3.8) is 0 Å². The van der Waals surface area contributed by atoms with E-state index in [-0.39, 0.29) is 24.4 Å². The molecule has 1 fully saturated rings. The van der Waals surface area contributed by atoms with Crippen LogP contribution in [-0.4, -0.2) is 62.0 Å². The van der Waals surface area contributed by atoms with Crippen LogP contribution in [0.4, 0.5) is 0 Å². The average Bonchev–Trinajstić information content (AvgIpc) is 3.49. The highest BCUT2D eigenvalue weighted by Gasteiger charge is 2.36. The number of benzene rings is 3. The molecule has 2 unspecified atom stereocenters. The van der Waals surface area contributed by atoms with Gasteiger partial charge < -0.3 is 15.5 Å². The van der Waals surface area contributed by atoms with Gasteiger partial charge in [0, 0.05) is 26.1 Å². The van der Waals surface area contributed by atoms with Gasteiger partial charge in [0.05, 0.1) is 4.90 Å². The summed E-state index contributed by atoms with van der Waals surface area (Å²) in [4.78, 5) is 44.6. The number of nitrogens with zero attached hydrogens (tertiary/aromatic N) is 1. The third-order valence-corrected chi connectivity index (χ3v) is 8.64. The fourth-order valence-electron chi connectivity index (χ4n) is 4.28. The van der Waals surface area contributed by atoms with Crippen LogP contribution in [0.5, 0.6) is 5.75 Å². The lowest BCUT2D eigenvalue weighted by molar-refractivity contribution is -0.140. The number of carbonyl (C=O) groups excluding carboxylic acids is 3. The Labute approximate surface area is 249 Å². The summed E-state index contributed by atoms with van der Waals surface area (Å²) in [5, 5.41) is 5.20. The number of amides is 2. The van der Waals surface area contributed by atoms with Crippen LogP contribution >= 0.6 is 12.2 Å². The molecule has 1 aliphatic rings. The van der Waals surface area contributed by atoms with E-state index >= 15 is 0 Å². The Morgan fingerprint density at radius 3 is 2.24 bits per heavy atom. The summed E-state index contributed by atoms with van der Waals surface area (Å²) in [5.41, 5.74) is 0.761. The molecule has 2 atom stereocenters. The SMILES string of the molecule is O=C(NCCNS(=O)(=O)c1ccccc1)C(=O)C(Cc1ccccc1)NC(=O)C1CCCN1SOOc1ccccc1. The molecule has 222 valence electrons. The van der Waals surface area contributed by atoms with E-state index in [1.165, 1.54) is 12.1 Å². The Morgan fingerprint density at radius 1 is 0.905 bits per heavy atom. The quantitative estimate of drug-likeness (QED) is 0.0589. The number of rotatable bonds is 15. The monoisotopic (exact) mass is 612 g/mol. The summed E-state index contributed by atoms with van der Waals surface area (Å²) >= 11 is 0.905. The predicted molar refractivity (Wildman–Crippen MR) is 157 cm³/mol. The lowest BCUT2D eigenvalue weighted by Gasteiger charge is -2.24. The molecule has 42 heavy (non-hydrogen) atoms. The first-order valence-corrected chi connectivity index (χ1v) is 15.6. The predicted octanol–water partition coefficient (Wildman–Crippen LogP) is 2.42. The minimum atomic E-state index is -3.76. The van der Waals surface area contributed by atoms with Gasteiger partial charge >= 0.3 is 0 Å². The van der Waals surface area contributed by atoms with Crippen molar-refractivity contribution in [2.24, 2.45) is 0 Å². The van der Waals surface area contributed by atoms with Gasteiger partial charge in [-0.2, -0.15) is 0 Å². The van der Waals surface area contributed by atoms with E-state index in [1.807, 2.05) is 12.1 Å². The first kappa shape index (κ1) is 31.2. The van der Waals surface area contributed by atoms with Crippen molar-refractivity contribution >= 4 is 39.8 Å². The van der Waals surface area contributed by atoms with Crippen molar-refractivity contribution in [1.29, 1.82) is 0 Å². The van der Waals surface area contributed by atoms with Crippen molar-refractivity contribution in [1.82, 2.24) is 19.7 Å². The third kappa shape index (κ3) is 9.13. The molecule has 4 rings (SSSR count). The van der Waals surface area contributed by atoms with Gasteiger partial charge in [-0.1, -0.05) is 71.1 Å². The fourth-order valence-corrected chi connectivity index (χ4v) is 6.03. The minimum absolute atomic E-state index is 0.0918. The van der Waals surface area contributed by atoms with Gasteiger partial charge in [0.2, 0.25) is 21.7 Å². The average molecular weight is 613 g/mol. The number of hydrogen-bond acceptors (Lipinski definition) is 9. The maximum Gasteiger partial charge on any atom is 0.289 e. The number of carbonyl (C=O) groups is 3. The van der Waals surface area contributed by atoms with Crippen molar-refractivity contribution < 1.29 is 32.0 Å². The number of hydrogen-bond donors (Lipinski definition) is 3. The van der Waals surface area contributed by atoms with E-state index < -0.39 is 39.7 Å². The van der Waals surface area contributed by atoms with Crippen LogP contribution in [0.3, 0.4) is 0 Å². The second-order valence-electron chi connectivity index (χ2n) is 9.42. The van der Waals surface area contributed by atoms with E-state index in [9.17, 15) is 22.8 Å². The maximum atomic E-state index is 13.3. The normalized spacial score (nSPS) is 16.0. The number of para-hydroxylation sites is 1. The smallest absolute Gasteiger partial charge is 0.289 e. The molecule has 1 heterocycles. The zero-order chi connectivity index (χ0) is 29.8. The van der Waals surface area contributed by atoms with Gasteiger partial charge in [-0.25, -0.2) is 17.4 Å². The van der Waals surface area contributed by atoms with Crippen molar-refractivity contribution in [2.75, 3.05) is 19.6 Å². The molecular formula is C29H32N4O7S2. The molecule has 13 heteroatoms. The summed E-state index contributed by atoms with van der Waals surface area (Å²) in [6.45, 7) is 0.331. The molecular weight excluding hydrogens is 580 g/mol. The van der Waals surface area contributed by atoms with E-state index in [1.54, 1.807) is 71.0 Å². The third-order valence-electron chi connectivity index (χ3n) is 6.40. The molecule has 1 saturated heterocycles. The van der Waals surface area contributed by atoms with Crippen LogP contribution in [0.25, 0.3) is 0 Å². The number of sulfonamides is 1. The lowest BCUT2D eigenvalue weighted by atomic mass is 10.0. The first-order chi connectivity index (χ1) is 20.3.